The third kappa shape index (κ3) is 5.36. The molecule has 32 heavy (non-hydrogen) atoms. The molecule has 1 aliphatic heterocycles. The summed E-state index contributed by atoms with van der Waals surface area (Å²) in [5.74, 6) is 0.428. The smallest absolute Gasteiger partial charge is 0.243 e. The van der Waals surface area contributed by atoms with Crippen LogP contribution in [0.5, 0.6) is 5.75 Å². The summed E-state index contributed by atoms with van der Waals surface area (Å²) < 4.78 is 32.7. The summed E-state index contributed by atoms with van der Waals surface area (Å²) >= 11 is 0. The molecule has 0 aliphatic carbocycles. The molecule has 4 rings (SSSR count). The third-order valence-electron chi connectivity index (χ3n) is 5.58. The second-order valence-electron chi connectivity index (χ2n) is 7.78. The molecule has 1 heterocycles. The molecule has 1 aliphatic rings. The first-order chi connectivity index (χ1) is 15.5. The first-order valence-corrected chi connectivity index (χ1v) is 12.1. The van der Waals surface area contributed by atoms with Gasteiger partial charge in [0.1, 0.15) is 12.4 Å². The van der Waals surface area contributed by atoms with Crippen LogP contribution in [0.2, 0.25) is 0 Å². The monoisotopic (exact) mass is 450 g/mol. The van der Waals surface area contributed by atoms with E-state index in [0.717, 1.165) is 11.3 Å². The van der Waals surface area contributed by atoms with E-state index in [0.29, 0.717) is 38.2 Å². The van der Waals surface area contributed by atoms with Gasteiger partial charge in [0.15, 0.2) is 0 Å². The van der Waals surface area contributed by atoms with Crippen LogP contribution in [0.3, 0.4) is 0 Å². The second kappa shape index (κ2) is 9.97. The maximum Gasteiger partial charge on any atom is 0.243 e. The van der Waals surface area contributed by atoms with Gasteiger partial charge in [-0.25, -0.2) is 8.42 Å². The lowest BCUT2D eigenvalue weighted by atomic mass is 9.97. The van der Waals surface area contributed by atoms with E-state index in [9.17, 15) is 13.2 Å². The van der Waals surface area contributed by atoms with Crippen molar-refractivity contribution in [3.8, 4) is 5.75 Å². The van der Waals surface area contributed by atoms with Gasteiger partial charge in [-0.2, -0.15) is 4.31 Å². The van der Waals surface area contributed by atoms with Crippen molar-refractivity contribution in [1.82, 2.24) is 4.31 Å². The van der Waals surface area contributed by atoms with Gasteiger partial charge in [-0.05, 0) is 54.8 Å². The zero-order valence-corrected chi connectivity index (χ0v) is 18.5. The summed E-state index contributed by atoms with van der Waals surface area (Å²) in [5.41, 5.74) is 1.78. The molecule has 0 radical (unpaired) electrons. The number of benzene rings is 3. The summed E-state index contributed by atoms with van der Waals surface area (Å²) in [6.07, 6.45) is 0.992. The van der Waals surface area contributed by atoms with Crippen molar-refractivity contribution in [1.29, 1.82) is 0 Å². The molecular formula is C25H26N2O4S. The Morgan fingerprint density at radius 1 is 0.875 bits per heavy atom. The minimum Gasteiger partial charge on any atom is -0.489 e. The van der Waals surface area contributed by atoms with Crippen molar-refractivity contribution in [2.45, 2.75) is 24.3 Å². The van der Waals surface area contributed by atoms with Gasteiger partial charge in [0.2, 0.25) is 15.9 Å². The highest BCUT2D eigenvalue weighted by Crippen LogP contribution is 2.25. The van der Waals surface area contributed by atoms with Crippen LogP contribution in [-0.4, -0.2) is 31.7 Å². The third-order valence-corrected chi connectivity index (χ3v) is 7.49. The molecular weight excluding hydrogens is 424 g/mol. The molecule has 0 saturated carbocycles. The molecule has 1 N–H and O–H groups in total. The predicted molar refractivity (Wildman–Crippen MR) is 124 cm³/mol. The maximum absolute atomic E-state index is 12.7. The van der Waals surface area contributed by atoms with Gasteiger partial charge < -0.3 is 10.1 Å². The Balaban J connectivity index is 1.27. The Bertz CT molecular complexity index is 1130. The molecule has 0 unspecified atom stereocenters. The molecule has 3 aromatic carbocycles. The van der Waals surface area contributed by atoms with E-state index in [2.05, 4.69) is 5.32 Å². The lowest BCUT2D eigenvalue weighted by Gasteiger charge is -2.30. The highest BCUT2D eigenvalue weighted by molar-refractivity contribution is 7.89. The molecule has 6 nitrogen and oxygen atoms in total. The number of carbonyl (C=O) groups excluding carboxylic acids is 1. The lowest BCUT2D eigenvalue weighted by Crippen LogP contribution is -2.41. The highest BCUT2D eigenvalue weighted by atomic mass is 32.2. The van der Waals surface area contributed by atoms with Gasteiger partial charge in [-0.15, -0.1) is 0 Å². The Hall–Kier alpha value is -3.16. The summed E-state index contributed by atoms with van der Waals surface area (Å²) in [5, 5.41) is 2.94. The topological polar surface area (TPSA) is 75.7 Å². The van der Waals surface area contributed by atoms with E-state index in [-0.39, 0.29) is 16.7 Å². The van der Waals surface area contributed by atoms with E-state index in [4.69, 9.17) is 4.74 Å². The number of piperidine rings is 1. The molecule has 0 aromatic heterocycles. The minimum atomic E-state index is -3.51. The van der Waals surface area contributed by atoms with Crippen molar-refractivity contribution in [2.75, 3.05) is 18.4 Å². The number of nitrogens with zero attached hydrogens (tertiary/aromatic N) is 1. The van der Waals surface area contributed by atoms with E-state index in [1.807, 2.05) is 54.6 Å². The van der Waals surface area contributed by atoms with Gasteiger partial charge >= 0.3 is 0 Å². The molecule has 1 saturated heterocycles. The van der Waals surface area contributed by atoms with Crippen molar-refractivity contribution < 1.29 is 17.9 Å². The number of hydrogen-bond donors (Lipinski definition) is 1. The summed E-state index contributed by atoms with van der Waals surface area (Å²) in [7, 11) is -3.51. The molecule has 1 amide bonds. The van der Waals surface area contributed by atoms with E-state index >= 15 is 0 Å². The normalized spacial score (nSPS) is 15.2. The Kier molecular flexibility index (Phi) is 6.87. The Labute approximate surface area is 188 Å². The van der Waals surface area contributed by atoms with E-state index in [1.165, 1.54) is 4.31 Å². The SMILES string of the molecule is O=C(Nc1ccc(OCc2ccccc2)cc1)C1CCN(S(=O)(=O)c2ccccc2)CC1. The van der Waals surface area contributed by atoms with Gasteiger partial charge in [-0.1, -0.05) is 48.5 Å². The van der Waals surface area contributed by atoms with Crippen LogP contribution in [-0.2, 0) is 21.4 Å². The molecule has 0 bridgehead atoms. The molecule has 7 heteroatoms. The fourth-order valence-corrected chi connectivity index (χ4v) is 5.21. The number of rotatable bonds is 7. The number of ether oxygens (including phenoxy) is 1. The minimum absolute atomic E-state index is 0.0836. The molecule has 0 spiro atoms. The predicted octanol–water partition coefficient (Wildman–Crippen LogP) is 4.31. The van der Waals surface area contributed by atoms with E-state index < -0.39 is 10.0 Å². The maximum atomic E-state index is 12.7. The van der Waals surface area contributed by atoms with Crippen LogP contribution < -0.4 is 10.1 Å². The summed E-state index contributed by atoms with van der Waals surface area (Å²) in [6, 6.07) is 25.6. The quantitative estimate of drug-likeness (QED) is 0.582. The molecule has 0 atom stereocenters. The number of anilines is 1. The van der Waals surface area contributed by atoms with Crippen LogP contribution >= 0.6 is 0 Å². The number of carbonyl (C=O) groups is 1. The van der Waals surface area contributed by atoms with Crippen LogP contribution in [0.15, 0.2) is 89.8 Å². The van der Waals surface area contributed by atoms with Crippen LogP contribution in [0.4, 0.5) is 5.69 Å². The standard InChI is InChI=1S/C25H26N2O4S/c28-25(21-15-17-27(18-16-21)32(29,30)24-9-5-2-6-10-24)26-22-11-13-23(14-12-22)31-19-20-7-3-1-4-8-20/h1-14,21H,15-19H2,(H,26,28). The molecule has 1 fully saturated rings. The average Bonchev–Trinajstić information content (AvgIpc) is 2.85. The number of hydrogen-bond acceptors (Lipinski definition) is 4. The zero-order valence-electron chi connectivity index (χ0n) is 17.7. The van der Waals surface area contributed by atoms with Crippen LogP contribution in [0, 0.1) is 5.92 Å². The lowest BCUT2D eigenvalue weighted by molar-refractivity contribution is -0.120. The average molecular weight is 451 g/mol. The van der Waals surface area contributed by atoms with Crippen LogP contribution in [0.1, 0.15) is 18.4 Å². The Morgan fingerprint density at radius 3 is 2.09 bits per heavy atom. The van der Waals surface area contributed by atoms with E-state index in [1.54, 1.807) is 30.3 Å². The number of amides is 1. The number of nitrogens with one attached hydrogen (secondary N) is 1. The van der Waals surface area contributed by atoms with Gasteiger partial charge in [0, 0.05) is 24.7 Å². The van der Waals surface area contributed by atoms with Crippen molar-refractivity contribution in [3.63, 3.8) is 0 Å². The highest BCUT2D eigenvalue weighted by Gasteiger charge is 2.32. The van der Waals surface area contributed by atoms with Crippen LogP contribution in [0.25, 0.3) is 0 Å². The van der Waals surface area contributed by atoms with Gasteiger partial charge in [0.25, 0.3) is 0 Å². The largest absolute Gasteiger partial charge is 0.489 e. The first kappa shape index (κ1) is 22.0. The fraction of sp³-hybridized carbons (Fsp3) is 0.240. The Morgan fingerprint density at radius 2 is 1.47 bits per heavy atom. The summed E-state index contributed by atoms with van der Waals surface area (Å²) in [6.45, 7) is 1.15. The summed E-state index contributed by atoms with van der Waals surface area (Å²) in [4.78, 5) is 13.0. The molecule has 3 aromatic rings. The van der Waals surface area contributed by atoms with Gasteiger partial charge in [0.05, 0.1) is 4.90 Å². The molecule has 166 valence electrons. The van der Waals surface area contributed by atoms with Crippen molar-refractivity contribution in [2.24, 2.45) is 5.92 Å². The fourth-order valence-electron chi connectivity index (χ4n) is 3.72. The second-order valence-corrected chi connectivity index (χ2v) is 9.72. The number of sulfonamides is 1. The first-order valence-electron chi connectivity index (χ1n) is 10.7. The zero-order chi connectivity index (χ0) is 22.4. The van der Waals surface area contributed by atoms with Gasteiger partial charge in [-0.3, -0.25) is 4.79 Å². The van der Waals surface area contributed by atoms with Crippen molar-refractivity contribution >= 4 is 21.6 Å². The van der Waals surface area contributed by atoms with Crippen molar-refractivity contribution in [3.05, 3.63) is 90.5 Å².